The Morgan fingerprint density at radius 1 is 1.35 bits per heavy atom. The van der Waals surface area contributed by atoms with E-state index in [0.29, 0.717) is 11.0 Å². The fourth-order valence-electron chi connectivity index (χ4n) is 3.28. The third-order valence-electron chi connectivity index (χ3n) is 5.23. The minimum Gasteiger partial charge on any atom is -0.305 e. The van der Waals surface area contributed by atoms with Crippen LogP contribution in [0.15, 0.2) is 23.3 Å². The standard InChI is InChI=1S/C16H23N/c1-11(8-16-10-14(16)17-16)7-13(12-3-4-12)9-15(2)5-6-15/h14,17H,1,3-10H2,2H3. The number of allylic oxidation sites excluding steroid dienone is 2. The molecule has 0 aromatic rings. The molecule has 4 aliphatic rings. The Morgan fingerprint density at radius 3 is 2.47 bits per heavy atom. The van der Waals surface area contributed by atoms with Gasteiger partial charge in [-0.15, -0.1) is 0 Å². The van der Waals surface area contributed by atoms with Gasteiger partial charge in [0.25, 0.3) is 0 Å². The first kappa shape index (κ1) is 10.4. The monoisotopic (exact) mass is 229 g/mol. The van der Waals surface area contributed by atoms with Crippen molar-refractivity contribution in [2.75, 3.05) is 0 Å². The lowest BCUT2D eigenvalue weighted by atomic mass is 9.91. The van der Waals surface area contributed by atoms with E-state index >= 15 is 0 Å². The van der Waals surface area contributed by atoms with Crippen LogP contribution in [0.3, 0.4) is 0 Å². The lowest BCUT2D eigenvalue weighted by molar-refractivity contribution is 0.555. The second-order valence-corrected chi connectivity index (χ2v) is 7.36. The highest BCUT2D eigenvalue weighted by molar-refractivity contribution is 5.37. The molecule has 0 aromatic heterocycles. The van der Waals surface area contributed by atoms with E-state index in [1.165, 1.54) is 56.9 Å². The van der Waals surface area contributed by atoms with Crippen molar-refractivity contribution in [3.63, 3.8) is 0 Å². The van der Waals surface area contributed by atoms with Gasteiger partial charge in [0, 0.05) is 11.6 Å². The van der Waals surface area contributed by atoms with Gasteiger partial charge in [0.15, 0.2) is 0 Å². The number of fused-ring (bicyclic) bond motifs is 1. The van der Waals surface area contributed by atoms with E-state index in [-0.39, 0.29) is 0 Å². The van der Waals surface area contributed by atoms with E-state index in [2.05, 4.69) is 18.8 Å². The fraction of sp³-hybridized carbons (Fsp3) is 0.750. The first-order valence-corrected chi connectivity index (χ1v) is 7.23. The molecule has 2 atom stereocenters. The van der Waals surface area contributed by atoms with Gasteiger partial charge in [0.2, 0.25) is 0 Å². The summed E-state index contributed by atoms with van der Waals surface area (Å²) in [5.74, 6) is 0. The van der Waals surface area contributed by atoms with Crippen LogP contribution in [0, 0.1) is 5.41 Å². The molecule has 2 unspecified atom stereocenters. The summed E-state index contributed by atoms with van der Waals surface area (Å²) in [6.45, 7) is 6.79. The largest absolute Gasteiger partial charge is 0.305 e. The third kappa shape index (κ3) is 1.99. The summed E-state index contributed by atoms with van der Waals surface area (Å²) < 4.78 is 0. The van der Waals surface area contributed by atoms with Gasteiger partial charge in [-0.3, -0.25) is 0 Å². The van der Waals surface area contributed by atoms with Crippen LogP contribution in [0.5, 0.6) is 0 Å². The molecule has 1 saturated heterocycles. The van der Waals surface area contributed by atoms with Crippen LogP contribution in [0.2, 0.25) is 0 Å². The maximum absolute atomic E-state index is 4.33. The van der Waals surface area contributed by atoms with Gasteiger partial charge in [-0.05, 0) is 56.8 Å². The van der Waals surface area contributed by atoms with Crippen LogP contribution >= 0.6 is 0 Å². The van der Waals surface area contributed by atoms with Gasteiger partial charge in [0.1, 0.15) is 0 Å². The van der Waals surface area contributed by atoms with Gasteiger partial charge in [-0.25, -0.2) is 0 Å². The van der Waals surface area contributed by atoms with Gasteiger partial charge >= 0.3 is 0 Å². The zero-order valence-corrected chi connectivity index (χ0v) is 10.9. The Kier molecular flexibility index (Phi) is 1.87. The number of hydrogen-bond donors (Lipinski definition) is 1. The van der Waals surface area contributed by atoms with Crippen molar-refractivity contribution in [3.8, 4) is 0 Å². The smallest absolute Gasteiger partial charge is 0.0391 e. The van der Waals surface area contributed by atoms with Crippen LogP contribution in [0.25, 0.3) is 0 Å². The molecule has 0 bridgehead atoms. The van der Waals surface area contributed by atoms with Gasteiger partial charge in [0.05, 0.1) is 0 Å². The molecule has 0 amide bonds. The predicted octanol–water partition coefficient (Wildman–Crippen LogP) is 3.72. The Labute approximate surface area is 104 Å². The van der Waals surface area contributed by atoms with Crippen molar-refractivity contribution in [2.24, 2.45) is 5.41 Å². The van der Waals surface area contributed by atoms with Crippen LogP contribution in [-0.2, 0) is 0 Å². The second kappa shape index (κ2) is 3.06. The zero-order chi connectivity index (χ0) is 11.7. The summed E-state index contributed by atoms with van der Waals surface area (Å²) in [6.07, 6.45) is 10.9. The topological polar surface area (TPSA) is 21.9 Å². The van der Waals surface area contributed by atoms with E-state index < -0.39 is 0 Å². The molecule has 4 fully saturated rings. The summed E-state index contributed by atoms with van der Waals surface area (Å²) in [5, 5.41) is 3.54. The molecule has 0 radical (unpaired) electrons. The summed E-state index contributed by atoms with van der Waals surface area (Å²) in [5.41, 5.74) is 6.25. The Balaban J connectivity index is 1.38. The van der Waals surface area contributed by atoms with Crippen molar-refractivity contribution >= 4 is 0 Å². The summed E-state index contributed by atoms with van der Waals surface area (Å²) in [4.78, 5) is 0. The molecule has 1 heterocycles. The normalized spacial score (nSPS) is 38.4. The average molecular weight is 229 g/mol. The van der Waals surface area contributed by atoms with Crippen molar-refractivity contribution < 1.29 is 0 Å². The maximum Gasteiger partial charge on any atom is 0.0391 e. The van der Waals surface area contributed by atoms with E-state index in [4.69, 9.17) is 0 Å². The summed E-state index contributed by atoms with van der Waals surface area (Å²) in [7, 11) is 0. The van der Waals surface area contributed by atoms with Crippen molar-refractivity contribution in [2.45, 2.75) is 69.9 Å². The minimum atomic E-state index is 0.555. The maximum atomic E-state index is 4.33. The molecular formula is C16H23N. The minimum absolute atomic E-state index is 0.555. The first-order valence-electron chi connectivity index (χ1n) is 7.23. The highest BCUT2D eigenvalue weighted by Crippen LogP contribution is 2.56. The highest BCUT2D eigenvalue weighted by Gasteiger charge is 2.69. The quantitative estimate of drug-likeness (QED) is 0.544. The van der Waals surface area contributed by atoms with E-state index in [9.17, 15) is 0 Å². The molecule has 1 aliphatic heterocycles. The van der Waals surface area contributed by atoms with Crippen LogP contribution < -0.4 is 5.32 Å². The summed E-state index contributed by atoms with van der Waals surface area (Å²) >= 11 is 0. The molecule has 1 N–H and O–H groups in total. The average Bonchev–Trinajstić information content (AvgIpc) is 3.04. The van der Waals surface area contributed by atoms with E-state index in [1.54, 1.807) is 11.1 Å². The Morgan fingerprint density at radius 2 is 2.00 bits per heavy atom. The van der Waals surface area contributed by atoms with Crippen molar-refractivity contribution in [3.05, 3.63) is 23.3 Å². The molecule has 1 heteroatoms. The predicted molar refractivity (Wildman–Crippen MR) is 70.9 cm³/mol. The lowest BCUT2D eigenvalue weighted by Crippen LogP contribution is -2.09. The lowest BCUT2D eigenvalue weighted by Gasteiger charge is -2.15. The molecule has 0 spiro atoms. The highest BCUT2D eigenvalue weighted by atomic mass is 15.3. The number of nitrogens with one attached hydrogen (secondary N) is 1. The molecule has 17 heavy (non-hydrogen) atoms. The molecule has 92 valence electrons. The Bertz CT molecular complexity index is 413. The van der Waals surface area contributed by atoms with Gasteiger partial charge in [-0.1, -0.05) is 30.2 Å². The third-order valence-corrected chi connectivity index (χ3v) is 5.23. The molecule has 0 aromatic carbocycles. The Hall–Kier alpha value is -0.560. The van der Waals surface area contributed by atoms with Crippen molar-refractivity contribution in [1.82, 2.24) is 5.32 Å². The molecule has 3 saturated carbocycles. The molecule has 1 nitrogen and oxygen atoms in total. The molecule has 3 aliphatic carbocycles. The van der Waals surface area contributed by atoms with E-state index in [1.807, 2.05) is 0 Å². The van der Waals surface area contributed by atoms with Crippen LogP contribution in [0.4, 0.5) is 0 Å². The zero-order valence-electron chi connectivity index (χ0n) is 10.9. The number of hydrogen-bond acceptors (Lipinski definition) is 1. The van der Waals surface area contributed by atoms with Gasteiger partial charge in [-0.2, -0.15) is 0 Å². The number of rotatable bonds is 6. The van der Waals surface area contributed by atoms with Crippen LogP contribution in [0.1, 0.15) is 58.3 Å². The van der Waals surface area contributed by atoms with Gasteiger partial charge < -0.3 is 5.32 Å². The first-order chi connectivity index (χ1) is 8.09. The second-order valence-electron chi connectivity index (χ2n) is 7.36. The van der Waals surface area contributed by atoms with E-state index in [0.717, 1.165) is 6.04 Å². The SMILES string of the molecule is C=C(CC(CC1(C)CC1)=C1CC1)CC12CC1N2. The molecular weight excluding hydrogens is 206 g/mol. The van der Waals surface area contributed by atoms with Crippen LogP contribution in [-0.4, -0.2) is 11.6 Å². The summed E-state index contributed by atoms with van der Waals surface area (Å²) in [6, 6.07) is 0.872. The van der Waals surface area contributed by atoms with Crippen molar-refractivity contribution in [1.29, 1.82) is 0 Å². The fourth-order valence-corrected chi connectivity index (χ4v) is 3.28. The molecule has 4 rings (SSSR count).